The fourth-order valence-corrected chi connectivity index (χ4v) is 3.06. The number of nitrogens with zero attached hydrogens (tertiary/aromatic N) is 3. The Kier molecular flexibility index (Phi) is 5.06. The molecule has 3 amide bonds. The summed E-state index contributed by atoms with van der Waals surface area (Å²) < 4.78 is 1.95. The molecular weight excluding hydrogens is 306 g/mol. The van der Waals surface area contributed by atoms with Gasteiger partial charge in [0.1, 0.15) is 0 Å². The van der Waals surface area contributed by atoms with E-state index in [4.69, 9.17) is 0 Å². The maximum Gasteiger partial charge on any atom is 0.315 e. The Morgan fingerprint density at radius 1 is 1.38 bits per heavy atom. The molecule has 1 aliphatic carbocycles. The Hall–Kier alpha value is -2.05. The third kappa shape index (κ3) is 3.71. The number of carbonyl (C=O) groups is 2. The van der Waals surface area contributed by atoms with Crippen molar-refractivity contribution < 1.29 is 9.59 Å². The van der Waals surface area contributed by atoms with Gasteiger partial charge in [0.2, 0.25) is 5.91 Å². The maximum absolute atomic E-state index is 12.4. The lowest BCUT2D eigenvalue weighted by atomic mass is 9.84. The molecule has 1 fully saturated rings. The fourth-order valence-electron chi connectivity index (χ4n) is 3.06. The highest BCUT2D eigenvalue weighted by Crippen LogP contribution is 2.29. The molecule has 1 aromatic rings. The van der Waals surface area contributed by atoms with Crippen LogP contribution < -0.4 is 10.6 Å². The van der Waals surface area contributed by atoms with Gasteiger partial charge in [-0.2, -0.15) is 5.10 Å². The lowest BCUT2D eigenvalue weighted by Crippen LogP contribution is -2.43. The molecular formula is C17H27N5O2. The largest absolute Gasteiger partial charge is 0.336 e. The van der Waals surface area contributed by atoms with Crippen molar-refractivity contribution in [2.75, 3.05) is 6.54 Å². The predicted molar refractivity (Wildman–Crippen MR) is 90.1 cm³/mol. The molecule has 7 nitrogen and oxygen atoms in total. The fraction of sp³-hybridized carbons (Fsp3) is 0.706. The van der Waals surface area contributed by atoms with Crippen molar-refractivity contribution in [1.82, 2.24) is 25.3 Å². The standard InChI is InChI=1S/C17H27N5O2/c1-3-12(2)19-17(24)18-10-14-9-15-11-21(7-8-22(15)20-14)16(23)13-5-4-6-13/h9,12-13H,3-8,10-11H2,1-2H3,(H2,18,19,24). The summed E-state index contributed by atoms with van der Waals surface area (Å²) in [6, 6.07) is 1.98. The molecule has 2 aliphatic rings. The number of urea groups is 1. The molecule has 0 radical (unpaired) electrons. The number of carbonyl (C=O) groups excluding carboxylic acids is 2. The second kappa shape index (κ2) is 7.23. The summed E-state index contributed by atoms with van der Waals surface area (Å²) in [5, 5.41) is 10.2. The minimum atomic E-state index is -0.169. The van der Waals surface area contributed by atoms with Crippen LogP contribution in [-0.4, -0.2) is 39.2 Å². The minimum absolute atomic E-state index is 0.159. The second-order valence-electron chi connectivity index (χ2n) is 6.87. The van der Waals surface area contributed by atoms with E-state index in [1.165, 1.54) is 6.42 Å². The van der Waals surface area contributed by atoms with Crippen LogP contribution in [0.2, 0.25) is 0 Å². The van der Waals surface area contributed by atoms with Crippen molar-refractivity contribution in [3.63, 3.8) is 0 Å². The first-order valence-electron chi connectivity index (χ1n) is 8.95. The van der Waals surface area contributed by atoms with E-state index in [9.17, 15) is 9.59 Å². The first-order chi connectivity index (χ1) is 11.6. The van der Waals surface area contributed by atoms with Gasteiger partial charge in [-0.3, -0.25) is 9.48 Å². The average molecular weight is 333 g/mol. The van der Waals surface area contributed by atoms with E-state index in [2.05, 4.69) is 15.7 Å². The summed E-state index contributed by atoms with van der Waals surface area (Å²) in [4.78, 5) is 26.1. The second-order valence-corrected chi connectivity index (χ2v) is 6.87. The Balaban J connectivity index is 1.53. The number of hydrogen-bond donors (Lipinski definition) is 2. The monoisotopic (exact) mass is 333 g/mol. The number of hydrogen-bond acceptors (Lipinski definition) is 3. The molecule has 0 aromatic carbocycles. The van der Waals surface area contributed by atoms with E-state index in [0.717, 1.165) is 43.7 Å². The SMILES string of the molecule is CCC(C)NC(=O)NCc1cc2n(n1)CCN(C(=O)C1CCC1)C2. The minimum Gasteiger partial charge on any atom is -0.336 e. The first kappa shape index (κ1) is 16.8. The number of amides is 3. The molecule has 0 bridgehead atoms. The Morgan fingerprint density at radius 3 is 2.83 bits per heavy atom. The van der Waals surface area contributed by atoms with E-state index < -0.39 is 0 Å². The van der Waals surface area contributed by atoms with Gasteiger partial charge in [0.25, 0.3) is 0 Å². The zero-order valence-corrected chi connectivity index (χ0v) is 14.5. The third-order valence-electron chi connectivity index (χ3n) is 5.03. The molecule has 1 unspecified atom stereocenters. The summed E-state index contributed by atoms with van der Waals surface area (Å²) in [6.07, 6.45) is 4.15. The van der Waals surface area contributed by atoms with Gasteiger partial charge in [0, 0.05) is 18.5 Å². The zero-order chi connectivity index (χ0) is 17.1. The average Bonchev–Trinajstić information content (AvgIpc) is 2.93. The molecule has 7 heteroatoms. The summed E-state index contributed by atoms with van der Waals surface area (Å²) in [5.74, 6) is 0.533. The highest BCUT2D eigenvalue weighted by atomic mass is 16.2. The van der Waals surface area contributed by atoms with Crippen LogP contribution in [-0.2, 0) is 24.4 Å². The van der Waals surface area contributed by atoms with Gasteiger partial charge in [0.15, 0.2) is 0 Å². The van der Waals surface area contributed by atoms with Gasteiger partial charge in [-0.1, -0.05) is 13.3 Å². The van der Waals surface area contributed by atoms with Gasteiger partial charge in [0.05, 0.1) is 31.0 Å². The van der Waals surface area contributed by atoms with Crippen LogP contribution in [0.5, 0.6) is 0 Å². The molecule has 0 saturated heterocycles. The Morgan fingerprint density at radius 2 is 2.17 bits per heavy atom. The van der Waals surface area contributed by atoms with Crippen molar-refractivity contribution in [3.8, 4) is 0 Å². The van der Waals surface area contributed by atoms with E-state index in [0.29, 0.717) is 19.0 Å². The summed E-state index contributed by atoms with van der Waals surface area (Å²) >= 11 is 0. The quantitative estimate of drug-likeness (QED) is 0.859. The number of nitrogens with one attached hydrogen (secondary N) is 2. The van der Waals surface area contributed by atoms with Gasteiger partial charge < -0.3 is 15.5 Å². The lowest BCUT2D eigenvalue weighted by molar-refractivity contribution is -0.139. The first-order valence-corrected chi connectivity index (χ1v) is 8.95. The van der Waals surface area contributed by atoms with Crippen LogP contribution in [0, 0.1) is 5.92 Å². The van der Waals surface area contributed by atoms with Gasteiger partial charge in [-0.15, -0.1) is 0 Å². The van der Waals surface area contributed by atoms with Gasteiger partial charge >= 0.3 is 6.03 Å². The molecule has 1 atom stereocenters. The highest BCUT2D eigenvalue weighted by molar-refractivity contribution is 5.79. The van der Waals surface area contributed by atoms with Crippen molar-refractivity contribution in [3.05, 3.63) is 17.5 Å². The van der Waals surface area contributed by atoms with Crippen molar-refractivity contribution in [1.29, 1.82) is 0 Å². The highest BCUT2D eigenvalue weighted by Gasteiger charge is 2.31. The van der Waals surface area contributed by atoms with Crippen LogP contribution >= 0.6 is 0 Å². The Labute approximate surface area is 142 Å². The number of aromatic nitrogens is 2. The van der Waals surface area contributed by atoms with Crippen molar-refractivity contribution in [2.24, 2.45) is 5.92 Å². The van der Waals surface area contributed by atoms with Gasteiger partial charge in [-0.25, -0.2) is 4.79 Å². The van der Waals surface area contributed by atoms with Crippen LogP contribution in [0.3, 0.4) is 0 Å². The molecule has 132 valence electrons. The molecule has 0 spiro atoms. The Bertz CT molecular complexity index is 608. The van der Waals surface area contributed by atoms with Crippen molar-refractivity contribution in [2.45, 2.75) is 65.2 Å². The van der Waals surface area contributed by atoms with Gasteiger partial charge in [-0.05, 0) is 32.3 Å². The zero-order valence-electron chi connectivity index (χ0n) is 14.5. The molecule has 1 saturated carbocycles. The smallest absolute Gasteiger partial charge is 0.315 e. The number of fused-ring (bicyclic) bond motifs is 1. The van der Waals surface area contributed by atoms with Crippen LogP contribution in [0.25, 0.3) is 0 Å². The summed E-state index contributed by atoms with van der Waals surface area (Å²) in [7, 11) is 0. The van der Waals surface area contributed by atoms with E-state index >= 15 is 0 Å². The lowest BCUT2D eigenvalue weighted by Gasteiger charge is -2.34. The van der Waals surface area contributed by atoms with Crippen molar-refractivity contribution >= 4 is 11.9 Å². The summed E-state index contributed by atoms with van der Waals surface area (Å²) in [5.41, 5.74) is 1.88. The maximum atomic E-state index is 12.4. The molecule has 1 aromatic heterocycles. The topological polar surface area (TPSA) is 79.3 Å². The van der Waals surface area contributed by atoms with Crippen LogP contribution in [0.1, 0.15) is 50.9 Å². The molecule has 2 N–H and O–H groups in total. The predicted octanol–water partition coefficient (Wildman–Crippen LogP) is 1.62. The van der Waals surface area contributed by atoms with E-state index in [1.54, 1.807) is 0 Å². The molecule has 3 rings (SSSR count). The molecule has 1 aliphatic heterocycles. The third-order valence-corrected chi connectivity index (χ3v) is 5.03. The van der Waals surface area contributed by atoms with Crippen LogP contribution in [0.4, 0.5) is 4.79 Å². The molecule has 2 heterocycles. The summed E-state index contributed by atoms with van der Waals surface area (Å²) in [6.45, 7) is 6.49. The normalized spacial score (nSPS) is 18.5. The van der Waals surface area contributed by atoms with Crippen LogP contribution in [0.15, 0.2) is 6.07 Å². The van der Waals surface area contributed by atoms with E-state index in [1.807, 2.05) is 29.5 Å². The number of rotatable bonds is 5. The molecule has 24 heavy (non-hydrogen) atoms. The van der Waals surface area contributed by atoms with E-state index in [-0.39, 0.29) is 18.0 Å².